The maximum absolute atomic E-state index is 13.6. The van der Waals surface area contributed by atoms with Crippen molar-refractivity contribution in [2.75, 3.05) is 13.7 Å². The Morgan fingerprint density at radius 3 is 2.66 bits per heavy atom. The van der Waals surface area contributed by atoms with Crippen molar-refractivity contribution in [1.82, 2.24) is 20.5 Å². The number of nitrogens with zero attached hydrogens (tertiary/aromatic N) is 2. The number of aliphatic carboxylic acids is 1. The van der Waals surface area contributed by atoms with Crippen LogP contribution in [-0.2, 0) is 16.1 Å². The van der Waals surface area contributed by atoms with Gasteiger partial charge in [0, 0.05) is 40.3 Å². The monoisotopic (exact) mass is 612 g/mol. The number of carboxylic acids is 1. The molecule has 4 atom stereocenters. The van der Waals surface area contributed by atoms with E-state index >= 15 is 0 Å². The zero-order valence-corrected chi connectivity index (χ0v) is 24.9. The molecule has 10 nitrogen and oxygen atoms in total. The zero-order chi connectivity index (χ0) is 30.8. The number of thiophene rings is 1. The van der Waals surface area contributed by atoms with Crippen molar-refractivity contribution < 1.29 is 29.0 Å². The second-order valence-electron chi connectivity index (χ2n) is 10.9. The number of urea groups is 1. The molecular weight excluding hydrogens is 580 g/mol. The Morgan fingerprint density at radius 2 is 1.98 bits per heavy atom. The minimum Gasteiger partial charge on any atom is -0.497 e. The van der Waals surface area contributed by atoms with Gasteiger partial charge in [0.05, 0.1) is 31.4 Å². The maximum Gasteiger partial charge on any atom is 0.330 e. The summed E-state index contributed by atoms with van der Waals surface area (Å²) in [5, 5.41) is 18.2. The number of amides is 3. The maximum atomic E-state index is 13.6. The van der Waals surface area contributed by atoms with Crippen LogP contribution < -0.4 is 20.1 Å². The van der Waals surface area contributed by atoms with Crippen molar-refractivity contribution in [3.05, 3.63) is 89.6 Å². The predicted octanol–water partition coefficient (Wildman–Crippen LogP) is 4.85. The Balaban J connectivity index is 1.29. The summed E-state index contributed by atoms with van der Waals surface area (Å²) >= 11 is 1.52. The molecule has 3 N–H and O–H groups in total. The molecule has 4 aromatic rings. The van der Waals surface area contributed by atoms with Crippen molar-refractivity contribution in [2.24, 2.45) is 5.92 Å². The van der Waals surface area contributed by atoms with E-state index in [9.17, 15) is 19.5 Å². The third-order valence-corrected chi connectivity index (χ3v) is 9.07. The molecule has 1 saturated carbocycles. The van der Waals surface area contributed by atoms with E-state index in [1.54, 1.807) is 7.11 Å². The number of nitrogens with one attached hydrogen (secondary N) is 2. The van der Waals surface area contributed by atoms with Crippen LogP contribution in [0.1, 0.15) is 17.7 Å². The van der Waals surface area contributed by atoms with E-state index in [0.717, 1.165) is 15.8 Å². The summed E-state index contributed by atoms with van der Waals surface area (Å²) in [4.78, 5) is 46.4. The molecule has 1 aliphatic heterocycles. The van der Waals surface area contributed by atoms with Crippen LogP contribution in [0.15, 0.2) is 84.8 Å². The lowest BCUT2D eigenvalue weighted by atomic mass is 10.1. The van der Waals surface area contributed by atoms with E-state index in [1.165, 1.54) is 22.3 Å². The molecular formula is C33H32N4O6S. The highest BCUT2D eigenvalue weighted by Gasteiger charge is 2.61. The second-order valence-corrected chi connectivity index (χ2v) is 12.0. The Hall–Kier alpha value is -4.90. The number of methoxy groups -OCH3 is 1. The molecule has 2 aromatic carbocycles. The molecule has 3 amide bonds. The van der Waals surface area contributed by atoms with Crippen LogP contribution in [0.2, 0.25) is 0 Å². The molecule has 1 saturated heterocycles. The Bertz CT molecular complexity index is 1710. The molecule has 1 aliphatic carbocycles. The van der Waals surface area contributed by atoms with Gasteiger partial charge in [-0.2, -0.15) is 0 Å². The van der Waals surface area contributed by atoms with E-state index < -0.39 is 35.6 Å². The molecule has 3 heterocycles. The first kappa shape index (κ1) is 29.2. The summed E-state index contributed by atoms with van der Waals surface area (Å²) in [6.07, 6.45) is 1.41. The summed E-state index contributed by atoms with van der Waals surface area (Å²) in [7, 11) is 1.59. The van der Waals surface area contributed by atoms with Gasteiger partial charge in [0.2, 0.25) is 5.91 Å². The average molecular weight is 613 g/mol. The van der Waals surface area contributed by atoms with Crippen molar-refractivity contribution in [3.8, 4) is 22.8 Å². The highest BCUT2D eigenvalue weighted by atomic mass is 32.1. The lowest BCUT2D eigenvalue weighted by Crippen LogP contribution is -2.54. The van der Waals surface area contributed by atoms with Crippen molar-refractivity contribution >= 4 is 40.1 Å². The molecule has 11 heteroatoms. The van der Waals surface area contributed by atoms with Gasteiger partial charge < -0.3 is 30.1 Å². The van der Waals surface area contributed by atoms with Crippen LogP contribution in [0.5, 0.6) is 11.5 Å². The van der Waals surface area contributed by atoms with Gasteiger partial charge in [-0.1, -0.05) is 42.5 Å². The van der Waals surface area contributed by atoms with Crippen molar-refractivity contribution in [2.45, 2.75) is 37.1 Å². The van der Waals surface area contributed by atoms with Crippen LogP contribution in [0, 0.1) is 5.92 Å². The first-order valence-corrected chi connectivity index (χ1v) is 15.1. The Morgan fingerprint density at radius 1 is 1.16 bits per heavy atom. The highest BCUT2D eigenvalue weighted by Crippen LogP contribution is 2.45. The molecule has 0 spiro atoms. The number of carbonyl (C=O) groups is 3. The van der Waals surface area contributed by atoms with E-state index in [4.69, 9.17) is 14.5 Å². The normalized spacial score (nSPS) is 22.3. The Labute approximate surface area is 258 Å². The topological polar surface area (TPSA) is 130 Å². The van der Waals surface area contributed by atoms with Gasteiger partial charge in [0.25, 0.3) is 0 Å². The fourth-order valence-corrected chi connectivity index (χ4v) is 6.33. The van der Waals surface area contributed by atoms with Gasteiger partial charge in [-0.25, -0.2) is 14.6 Å². The van der Waals surface area contributed by atoms with Crippen LogP contribution in [0.25, 0.3) is 22.2 Å². The minimum atomic E-state index is -1.41. The van der Waals surface area contributed by atoms with Crippen LogP contribution in [0.4, 0.5) is 4.79 Å². The molecule has 2 fully saturated rings. The zero-order valence-electron chi connectivity index (χ0n) is 24.1. The minimum absolute atomic E-state index is 0.125. The highest BCUT2D eigenvalue weighted by molar-refractivity contribution is 7.09. The first-order valence-electron chi connectivity index (χ1n) is 14.3. The number of fused-ring (bicyclic) bond motifs is 1. The summed E-state index contributed by atoms with van der Waals surface area (Å²) in [6, 6.07) is 19.5. The molecule has 226 valence electrons. The summed E-state index contributed by atoms with van der Waals surface area (Å²) in [5.41, 5.74) is 0.861. The van der Waals surface area contributed by atoms with Gasteiger partial charge in [-0.05, 0) is 30.0 Å². The number of aromatic nitrogens is 1. The van der Waals surface area contributed by atoms with Crippen LogP contribution in [0.3, 0.4) is 0 Å². The summed E-state index contributed by atoms with van der Waals surface area (Å²) in [5.74, 6) is -0.837. The number of carboxylic acid groups (broad SMARTS) is 1. The lowest BCUT2D eigenvalue weighted by Gasteiger charge is -2.25. The van der Waals surface area contributed by atoms with E-state index in [2.05, 4.69) is 17.2 Å². The summed E-state index contributed by atoms with van der Waals surface area (Å²) < 4.78 is 12.0. The smallest absolute Gasteiger partial charge is 0.330 e. The molecule has 2 aliphatic rings. The molecule has 0 radical (unpaired) electrons. The van der Waals surface area contributed by atoms with Gasteiger partial charge in [-0.3, -0.25) is 4.79 Å². The third kappa shape index (κ3) is 5.70. The van der Waals surface area contributed by atoms with Gasteiger partial charge in [0.15, 0.2) is 0 Å². The SMILES string of the molecule is C=CC1C[C@]1(NC(=O)[C@@H]1C[C@@H](Oc2cc(-c3ccccc3)nc3cc(OC)ccc23)CN1C(=O)NCc1cccs1)C(=O)O. The lowest BCUT2D eigenvalue weighted by molar-refractivity contribution is -0.144. The van der Waals surface area contributed by atoms with Gasteiger partial charge in [-0.15, -0.1) is 17.9 Å². The number of rotatable bonds is 10. The number of hydrogen-bond donors (Lipinski definition) is 3. The van der Waals surface area contributed by atoms with Gasteiger partial charge in [0.1, 0.15) is 29.2 Å². The molecule has 1 unspecified atom stereocenters. The van der Waals surface area contributed by atoms with Crippen LogP contribution >= 0.6 is 11.3 Å². The quantitative estimate of drug-likeness (QED) is 0.218. The van der Waals surface area contributed by atoms with Crippen molar-refractivity contribution in [3.63, 3.8) is 0 Å². The van der Waals surface area contributed by atoms with E-state index in [0.29, 0.717) is 29.3 Å². The molecule has 2 aromatic heterocycles. The third-order valence-electron chi connectivity index (χ3n) is 8.19. The predicted molar refractivity (Wildman–Crippen MR) is 167 cm³/mol. The number of benzene rings is 2. The summed E-state index contributed by atoms with van der Waals surface area (Å²) in [6.45, 7) is 4.13. The first-order chi connectivity index (χ1) is 21.3. The standard InChI is InChI=1S/C33H32N4O6S/c1-3-21-17-33(21,31(39)40)36-30(38)28-15-23(19-37(28)32(41)34-18-24-10-7-13-44-24)43-29-16-26(20-8-5-4-6-9-20)35-27-14-22(42-2)11-12-25(27)29/h3-14,16,21,23,28H,1,15,17-19H2,2H3,(H,34,41)(H,36,38)(H,39,40)/t21?,23-,28+,33-/m1/s1. The van der Waals surface area contributed by atoms with Crippen LogP contribution in [-0.4, -0.2) is 64.2 Å². The number of ether oxygens (including phenoxy) is 2. The number of hydrogen-bond acceptors (Lipinski definition) is 7. The number of likely N-dealkylation sites (tertiary alicyclic amines) is 1. The van der Waals surface area contributed by atoms with E-state index in [-0.39, 0.29) is 25.3 Å². The fraction of sp³-hybridized carbons (Fsp3) is 0.273. The Kier molecular flexibility index (Phi) is 7.96. The average Bonchev–Trinajstić information content (AvgIpc) is 3.33. The largest absolute Gasteiger partial charge is 0.497 e. The second kappa shape index (κ2) is 12.0. The molecule has 6 rings (SSSR count). The number of carbonyl (C=O) groups excluding carboxylic acids is 2. The van der Waals surface area contributed by atoms with Crippen molar-refractivity contribution in [1.29, 1.82) is 0 Å². The van der Waals surface area contributed by atoms with Gasteiger partial charge >= 0.3 is 12.0 Å². The molecule has 0 bridgehead atoms. The molecule has 44 heavy (non-hydrogen) atoms. The fourth-order valence-electron chi connectivity index (χ4n) is 5.69. The van der Waals surface area contributed by atoms with E-state index in [1.807, 2.05) is 72.1 Å². The number of pyridine rings is 1.